The second-order valence-corrected chi connectivity index (χ2v) is 6.79. The molecule has 158 valence electrons. The van der Waals surface area contributed by atoms with Crippen molar-refractivity contribution in [3.63, 3.8) is 0 Å². The van der Waals surface area contributed by atoms with Gasteiger partial charge in [0.25, 0.3) is 5.91 Å². The summed E-state index contributed by atoms with van der Waals surface area (Å²) < 4.78 is 2.15. The summed E-state index contributed by atoms with van der Waals surface area (Å²) in [5.74, 6) is 0.244. The third-order valence-electron chi connectivity index (χ3n) is 4.84. The van der Waals surface area contributed by atoms with Crippen LogP contribution < -0.4 is 10.8 Å². The Hall–Kier alpha value is -2.71. The summed E-state index contributed by atoms with van der Waals surface area (Å²) >= 11 is 0. The minimum atomic E-state index is -0.589. The molecule has 8 nitrogen and oxygen atoms in total. The van der Waals surface area contributed by atoms with Crippen molar-refractivity contribution in [3.8, 4) is 0 Å². The number of hydrogen-bond donors (Lipinski definition) is 3. The monoisotopic (exact) mass is 401 g/mol. The average molecular weight is 402 g/mol. The number of nitrogens with zero attached hydrogens (tertiary/aromatic N) is 3. The Kier molecular flexibility index (Phi) is 8.82. The molecule has 0 aliphatic heterocycles. The van der Waals surface area contributed by atoms with Crippen molar-refractivity contribution in [1.29, 1.82) is 0 Å². The number of carbonyl (C=O) groups excluding carboxylic acids is 2. The molecule has 0 aliphatic rings. The van der Waals surface area contributed by atoms with Gasteiger partial charge in [-0.25, -0.2) is 10.5 Å². The molecule has 0 spiro atoms. The highest BCUT2D eigenvalue weighted by Gasteiger charge is 2.13. The number of hydroxylamine groups is 1. The first-order chi connectivity index (χ1) is 14.0. The standard InChI is InChI=1S/C21H31N5O3/c1-4-7-20(27)22-15-19-23-17-14-16(9-11-21(28)24-29)8-10-18(17)26(19)13-12-25(5-2)6-3/h8-11,14,29H,4-7,12-13,15H2,1-3H3,(H,22,27)(H,24,28). The van der Waals surface area contributed by atoms with Gasteiger partial charge in [0.15, 0.2) is 0 Å². The first-order valence-electron chi connectivity index (χ1n) is 10.1. The van der Waals surface area contributed by atoms with Crippen LogP contribution in [0.4, 0.5) is 0 Å². The zero-order valence-corrected chi connectivity index (χ0v) is 17.4. The van der Waals surface area contributed by atoms with Gasteiger partial charge in [0, 0.05) is 25.6 Å². The molecule has 2 rings (SSSR count). The minimum absolute atomic E-state index is 0.0217. The van der Waals surface area contributed by atoms with Gasteiger partial charge in [-0.05, 0) is 43.3 Å². The summed E-state index contributed by atoms with van der Waals surface area (Å²) in [6.45, 7) is 10.3. The Morgan fingerprint density at radius 2 is 2.00 bits per heavy atom. The number of benzene rings is 1. The quantitative estimate of drug-likeness (QED) is 0.305. The number of aromatic nitrogens is 2. The molecule has 29 heavy (non-hydrogen) atoms. The average Bonchev–Trinajstić information content (AvgIpc) is 3.08. The first-order valence-corrected chi connectivity index (χ1v) is 10.1. The Morgan fingerprint density at radius 3 is 2.66 bits per heavy atom. The highest BCUT2D eigenvalue weighted by Crippen LogP contribution is 2.19. The zero-order chi connectivity index (χ0) is 21.2. The topological polar surface area (TPSA) is 99.5 Å². The van der Waals surface area contributed by atoms with Gasteiger partial charge in [-0.1, -0.05) is 26.8 Å². The lowest BCUT2D eigenvalue weighted by atomic mass is 10.2. The third kappa shape index (κ3) is 6.40. The van der Waals surface area contributed by atoms with Gasteiger partial charge in [0.2, 0.25) is 5.91 Å². The van der Waals surface area contributed by atoms with Gasteiger partial charge < -0.3 is 14.8 Å². The fraction of sp³-hybridized carbons (Fsp3) is 0.476. The van der Waals surface area contributed by atoms with Crippen LogP contribution in [0.5, 0.6) is 0 Å². The highest BCUT2D eigenvalue weighted by atomic mass is 16.5. The van der Waals surface area contributed by atoms with E-state index < -0.39 is 5.91 Å². The summed E-state index contributed by atoms with van der Waals surface area (Å²) in [4.78, 5) is 30.2. The molecular formula is C21H31N5O3. The van der Waals surface area contributed by atoms with Gasteiger partial charge >= 0.3 is 0 Å². The third-order valence-corrected chi connectivity index (χ3v) is 4.84. The van der Waals surface area contributed by atoms with E-state index in [2.05, 4.69) is 28.6 Å². The molecule has 2 aromatic rings. The number of likely N-dealkylation sites (N-methyl/N-ethyl adjacent to an activating group) is 1. The second kappa shape index (κ2) is 11.3. The van der Waals surface area contributed by atoms with Crippen molar-refractivity contribution in [2.45, 2.75) is 46.7 Å². The molecule has 0 saturated carbocycles. The van der Waals surface area contributed by atoms with Crippen LogP contribution in [0.1, 0.15) is 45.0 Å². The van der Waals surface area contributed by atoms with E-state index in [0.29, 0.717) is 13.0 Å². The van der Waals surface area contributed by atoms with Gasteiger partial charge in [-0.15, -0.1) is 0 Å². The number of fused-ring (bicyclic) bond motifs is 1. The Labute approximate surface area is 171 Å². The maximum atomic E-state index is 11.9. The fourth-order valence-electron chi connectivity index (χ4n) is 3.17. The van der Waals surface area contributed by atoms with E-state index in [0.717, 1.165) is 55.0 Å². The highest BCUT2D eigenvalue weighted by molar-refractivity contribution is 5.91. The van der Waals surface area contributed by atoms with E-state index in [-0.39, 0.29) is 5.91 Å². The molecule has 0 atom stereocenters. The molecule has 0 bridgehead atoms. The summed E-state index contributed by atoms with van der Waals surface area (Å²) in [5.41, 5.74) is 4.16. The van der Waals surface area contributed by atoms with Gasteiger partial charge in [0.1, 0.15) is 5.82 Å². The largest absolute Gasteiger partial charge is 0.349 e. The number of carbonyl (C=O) groups is 2. The van der Waals surface area contributed by atoms with Crippen LogP contribution in [-0.4, -0.2) is 51.1 Å². The molecule has 1 aromatic carbocycles. The number of rotatable bonds is 11. The molecular weight excluding hydrogens is 370 g/mol. The van der Waals surface area contributed by atoms with Crippen molar-refractivity contribution < 1.29 is 14.8 Å². The van der Waals surface area contributed by atoms with E-state index in [4.69, 9.17) is 10.2 Å². The van der Waals surface area contributed by atoms with E-state index >= 15 is 0 Å². The summed E-state index contributed by atoms with van der Waals surface area (Å²) in [6.07, 6.45) is 4.18. The lowest BCUT2D eigenvalue weighted by Crippen LogP contribution is -2.29. The van der Waals surface area contributed by atoms with Gasteiger partial charge in [0.05, 0.1) is 17.6 Å². The van der Waals surface area contributed by atoms with Crippen molar-refractivity contribution in [2.75, 3.05) is 19.6 Å². The first kappa shape index (κ1) is 22.6. The molecule has 0 fully saturated rings. The number of nitrogens with one attached hydrogen (secondary N) is 2. The van der Waals surface area contributed by atoms with E-state index in [1.54, 1.807) is 11.6 Å². The second-order valence-electron chi connectivity index (χ2n) is 6.79. The Bertz CT molecular complexity index is 855. The van der Waals surface area contributed by atoms with Crippen LogP contribution in [0.2, 0.25) is 0 Å². The van der Waals surface area contributed by atoms with Gasteiger partial charge in [-0.2, -0.15) is 0 Å². The molecule has 3 N–H and O–H groups in total. The molecule has 1 aromatic heterocycles. The molecule has 2 amide bonds. The number of amides is 2. The lowest BCUT2D eigenvalue weighted by Gasteiger charge is -2.19. The van der Waals surface area contributed by atoms with Crippen LogP contribution in [0.15, 0.2) is 24.3 Å². The van der Waals surface area contributed by atoms with Crippen LogP contribution in [-0.2, 0) is 22.7 Å². The normalized spacial score (nSPS) is 11.5. The predicted octanol–water partition coefficient (Wildman–Crippen LogP) is 2.31. The van der Waals surface area contributed by atoms with Crippen molar-refractivity contribution in [2.24, 2.45) is 0 Å². The molecule has 8 heteroatoms. The van der Waals surface area contributed by atoms with E-state index in [1.165, 1.54) is 6.08 Å². The summed E-state index contributed by atoms with van der Waals surface area (Å²) in [5, 5.41) is 11.6. The Morgan fingerprint density at radius 1 is 1.24 bits per heavy atom. The van der Waals surface area contributed by atoms with E-state index in [1.807, 2.05) is 25.1 Å². The maximum Gasteiger partial charge on any atom is 0.267 e. The number of hydrogen-bond acceptors (Lipinski definition) is 5. The SMILES string of the molecule is CCCC(=O)NCc1nc2cc(C=CC(=O)NO)ccc2n1CCN(CC)CC. The van der Waals surface area contributed by atoms with Crippen molar-refractivity contribution in [3.05, 3.63) is 35.7 Å². The number of imidazole rings is 1. The smallest absolute Gasteiger partial charge is 0.267 e. The molecule has 0 saturated heterocycles. The zero-order valence-electron chi connectivity index (χ0n) is 17.4. The van der Waals surface area contributed by atoms with Crippen LogP contribution >= 0.6 is 0 Å². The maximum absolute atomic E-state index is 11.9. The molecule has 0 aliphatic carbocycles. The molecule has 1 heterocycles. The lowest BCUT2D eigenvalue weighted by molar-refractivity contribution is -0.124. The molecule has 0 radical (unpaired) electrons. The molecule has 0 unspecified atom stereocenters. The van der Waals surface area contributed by atoms with Crippen LogP contribution in [0.25, 0.3) is 17.1 Å². The summed E-state index contributed by atoms with van der Waals surface area (Å²) in [7, 11) is 0. The van der Waals surface area contributed by atoms with Crippen LogP contribution in [0, 0.1) is 0 Å². The van der Waals surface area contributed by atoms with Gasteiger partial charge in [-0.3, -0.25) is 14.8 Å². The fourth-order valence-corrected chi connectivity index (χ4v) is 3.17. The van der Waals surface area contributed by atoms with E-state index in [9.17, 15) is 9.59 Å². The van der Waals surface area contributed by atoms with Crippen LogP contribution in [0.3, 0.4) is 0 Å². The van der Waals surface area contributed by atoms with Crippen molar-refractivity contribution in [1.82, 2.24) is 25.2 Å². The summed E-state index contributed by atoms with van der Waals surface area (Å²) in [6, 6.07) is 5.76. The minimum Gasteiger partial charge on any atom is -0.349 e. The Balaban J connectivity index is 2.31. The van der Waals surface area contributed by atoms with Crippen molar-refractivity contribution >= 4 is 28.9 Å². The predicted molar refractivity (Wildman–Crippen MR) is 113 cm³/mol.